The number of hydrogen-bond donors (Lipinski definition) is 3. The molecule has 18 heavy (non-hydrogen) atoms. The largest absolute Gasteiger partial charge is 0.382 e. The number of unbranched alkanes of at least 4 members (excludes halogenated alkanes) is 1. The van der Waals surface area contributed by atoms with E-state index < -0.39 is 0 Å². The van der Waals surface area contributed by atoms with E-state index >= 15 is 0 Å². The van der Waals surface area contributed by atoms with Crippen LogP contribution in [0.5, 0.6) is 0 Å². The van der Waals surface area contributed by atoms with E-state index in [1.165, 1.54) is 11.3 Å². The Morgan fingerprint density at radius 1 is 1.61 bits per heavy atom. The second-order valence-corrected chi connectivity index (χ2v) is 5.21. The van der Waals surface area contributed by atoms with Crippen LogP contribution in [0.4, 0.5) is 10.9 Å². The Labute approximate surface area is 110 Å². The van der Waals surface area contributed by atoms with Crippen molar-refractivity contribution in [1.29, 1.82) is 0 Å². The number of terminal acetylenes is 1. The van der Waals surface area contributed by atoms with Crippen molar-refractivity contribution in [2.75, 3.05) is 17.6 Å². The summed E-state index contributed by atoms with van der Waals surface area (Å²) in [4.78, 5) is 16.5. The topological polar surface area (TPSA) is 80.0 Å². The van der Waals surface area contributed by atoms with Crippen molar-refractivity contribution in [2.24, 2.45) is 0 Å². The van der Waals surface area contributed by atoms with Gasteiger partial charge in [-0.1, -0.05) is 11.3 Å². The number of aromatic nitrogens is 1. The molecule has 1 fully saturated rings. The molecule has 1 aliphatic carbocycles. The number of amides is 1. The van der Waals surface area contributed by atoms with Crippen molar-refractivity contribution < 1.29 is 4.79 Å². The second-order valence-electron chi connectivity index (χ2n) is 4.22. The quantitative estimate of drug-likeness (QED) is 0.536. The van der Waals surface area contributed by atoms with Crippen LogP contribution in [-0.2, 0) is 0 Å². The molecule has 1 aromatic rings. The minimum Gasteiger partial charge on any atom is -0.382 e. The summed E-state index contributed by atoms with van der Waals surface area (Å²) in [6.07, 6.45) is 8.89. The minimum atomic E-state index is -0.175. The maximum Gasteiger partial charge on any atom is 0.265 e. The van der Waals surface area contributed by atoms with Gasteiger partial charge < -0.3 is 16.4 Å². The number of nitrogens with zero attached hydrogens (tertiary/aromatic N) is 1. The third kappa shape index (κ3) is 3.37. The highest BCUT2D eigenvalue weighted by Crippen LogP contribution is 2.30. The molecule has 0 atom stereocenters. The van der Waals surface area contributed by atoms with Crippen molar-refractivity contribution in [2.45, 2.75) is 31.7 Å². The van der Waals surface area contributed by atoms with Gasteiger partial charge in [0.2, 0.25) is 0 Å². The summed E-state index contributed by atoms with van der Waals surface area (Å²) in [7, 11) is 0. The maximum atomic E-state index is 11.8. The Morgan fingerprint density at radius 2 is 2.39 bits per heavy atom. The van der Waals surface area contributed by atoms with Gasteiger partial charge in [0.05, 0.1) is 0 Å². The Kier molecular flexibility index (Phi) is 4.05. The van der Waals surface area contributed by atoms with Gasteiger partial charge in [-0.05, 0) is 19.3 Å². The minimum absolute atomic E-state index is 0.175. The van der Waals surface area contributed by atoms with E-state index in [1.54, 1.807) is 0 Å². The molecule has 0 aliphatic heterocycles. The number of carbonyl (C=O) groups excluding carboxylic acids is 1. The third-order valence-electron chi connectivity index (χ3n) is 2.55. The van der Waals surface area contributed by atoms with Crippen LogP contribution in [0.2, 0.25) is 0 Å². The molecular formula is C12H16N4OS. The fourth-order valence-electron chi connectivity index (χ4n) is 1.43. The fourth-order valence-corrected chi connectivity index (χ4v) is 2.31. The van der Waals surface area contributed by atoms with Crippen molar-refractivity contribution in [3.05, 3.63) is 4.88 Å². The number of hydrogen-bond acceptors (Lipinski definition) is 5. The Hall–Kier alpha value is -1.74. The normalized spacial score (nSPS) is 13.9. The number of thiazole rings is 1. The molecule has 96 valence electrons. The van der Waals surface area contributed by atoms with Crippen LogP contribution in [0, 0.1) is 12.3 Å². The predicted molar refractivity (Wildman–Crippen MR) is 73.6 cm³/mol. The summed E-state index contributed by atoms with van der Waals surface area (Å²) < 4.78 is 0. The second kappa shape index (κ2) is 5.74. The smallest absolute Gasteiger partial charge is 0.265 e. The molecule has 0 bridgehead atoms. The van der Waals surface area contributed by atoms with Gasteiger partial charge in [0, 0.05) is 19.0 Å². The number of nitrogens with two attached hydrogens (primary N) is 1. The predicted octanol–water partition coefficient (Wildman–Crippen LogP) is 1.44. The van der Waals surface area contributed by atoms with E-state index in [2.05, 4.69) is 21.5 Å². The molecule has 2 rings (SSSR count). The van der Waals surface area contributed by atoms with Gasteiger partial charge in [-0.3, -0.25) is 4.79 Å². The molecule has 1 heterocycles. The first-order valence-corrected chi connectivity index (χ1v) is 6.77. The average molecular weight is 264 g/mol. The van der Waals surface area contributed by atoms with Crippen LogP contribution in [0.25, 0.3) is 0 Å². The number of carbonyl (C=O) groups is 1. The molecule has 0 radical (unpaired) electrons. The van der Waals surface area contributed by atoms with Crippen molar-refractivity contribution >= 4 is 28.2 Å². The van der Waals surface area contributed by atoms with Crippen molar-refractivity contribution in [3.8, 4) is 12.3 Å². The van der Waals surface area contributed by atoms with Gasteiger partial charge in [0.25, 0.3) is 5.91 Å². The number of nitrogens with one attached hydrogen (secondary N) is 2. The van der Waals surface area contributed by atoms with Gasteiger partial charge in [0.15, 0.2) is 5.13 Å². The summed E-state index contributed by atoms with van der Waals surface area (Å²) in [5.41, 5.74) is 5.73. The Bertz CT molecular complexity index is 473. The molecule has 1 aliphatic rings. The Morgan fingerprint density at radius 3 is 3.06 bits per heavy atom. The zero-order valence-corrected chi connectivity index (χ0v) is 10.8. The van der Waals surface area contributed by atoms with E-state index in [1.807, 2.05) is 0 Å². The molecule has 0 aromatic carbocycles. The molecule has 0 unspecified atom stereocenters. The number of anilines is 2. The summed E-state index contributed by atoms with van der Waals surface area (Å²) >= 11 is 1.30. The van der Waals surface area contributed by atoms with Crippen molar-refractivity contribution in [1.82, 2.24) is 10.3 Å². The standard InChI is InChI=1S/C12H16N4OS/c1-2-3-4-7-14-11(17)9-10(13)16-12(18-9)15-8-5-6-8/h1,8H,3-7,13H2,(H,14,17)(H,15,16). The van der Waals surface area contributed by atoms with Crippen LogP contribution in [0.15, 0.2) is 0 Å². The molecule has 1 amide bonds. The van der Waals surface area contributed by atoms with Crippen LogP contribution in [0.3, 0.4) is 0 Å². The van der Waals surface area contributed by atoms with Gasteiger partial charge >= 0.3 is 0 Å². The van der Waals surface area contributed by atoms with Crippen LogP contribution >= 0.6 is 11.3 Å². The molecule has 4 N–H and O–H groups in total. The highest BCUT2D eigenvalue weighted by atomic mass is 32.1. The first-order valence-electron chi connectivity index (χ1n) is 5.95. The first kappa shape index (κ1) is 12.7. The lowest BCUT2D eigenvalue weighted by atomic mass is 10.3. The Balaban J connectivity index is 1.88. The molecule has 1 aromatic heterocycles. The summed E-state index contributed by atoms with van der Waals surface area (Å²) in [6.45, 7) is 0.561. The summed E-state index contributed by atoms with van der Waals surface area (Å²) in [5, 5.41) is 6.74. The highest BCUT2D eigenvalue weighted by molar-refractivity contribution is 7.18. The molecule has 0 saturated heterocycles. The van der Waals surface area contributed by atoms with Gasteiger partial charge in [-0.25, -0.2) is 4.98 Å². The third-order valence-corrected chi connectivity index (χ3v) is 3.55. The van der Waals surface area contributed by atoms with Gasteiger partial charge in [0.1, 0.15) is 10.7 Å². The van der Waals surface area contributed by atoms with Crippen molar-refractivity contribution in [3.63, 3.8) is 0 Å². The average Bonchev–Trinajstić information content (AvgIpc) is 3.07. The van der Waals surface area contributed by atoms with E-state index in [-0.39, 0.29) is 11.7 Å². The zero-order chi connectivity index (χ0) is 13.0. The zero-order valence-electron chi connectivity index (χ0n) is 10.0. The molecule has 0 spiro atoms. The number of rotatable bonds is 6. The summed E-state index contributed by atoms with van der Waals surface area (Å²) in [5.74, 6) is 2.64. The summed E-state index contributed by atoms with van der Waals surface area (Å²) in [6, 6.07) is 0.502. The molecule has 6 heteroatoms. The lowest BCUT2D eigenvalue weighted by Crippen LogP contribution is -2.24. The van der Waals surface area contributed by atoms with Crippen LogP contribution < -0.4 is 16.4 Å². The fraction of sp³-hybridized carbons (Fsp3) is 0.500. The number of nitrogen functional groups attached to an aromatic ring is 1. The van der Waals surface area contributed by atoms with E-state index in [0.717, 1.165) is 24.4 Å². The molecule has 5 nitrogen and oxygen atoms in total. The highest BCUT2D eigenvalue weighted by Gasteiger charge is 2.24. The van der Waals surface area contributed by atoms with Crippen LogP contribution in [0.1, 0.15) is 35.4 Å². The lowest BCUT2D eigenvalue weighted by Gasteiger charge is -2.01. The first-order chi connectivity index (χ1) is 8.70. The van der Waals surface area contributed by atoms with Gasteiger partial charge in [-0.15, -0.1) is 12.3 Å². The SMILES string of the molecule is C#CCCCNC(=O)c1sc(NC2CC2)nc1N. The van der Waals surface area contributed by atoms with Crippen LogP contribution in [-0.4, -0.2) is 23.5 Å². The monoisotopic (exact) mass is 264 g/mol. The molecule has 1 saturated carbocycles. The molecular weight excluding hydrogens is 248 g/mol. The lowest BCUT2D eigenvalue weighted by molar-refractivity contribution is 0.0958. The van der Waals surface area contributed by atoms with E-state index in [9.17, 15) is 4.79 Å². The van der Waals surface area contributed by atoms with E-state index in [0.29, 0.717) is 23.9 Å². The maximum absolute atomic E-state index is 11.8. The van der Waals surface area contributed by atoms with E-state index in [4.69, 9.17) is 12.2 Å². The van der Waals surface area contributed by atoms with Gasteiger partial charge in [-0.2, -0.15) is 0 Å².